The predicted octanol–water partition coefficient (Wildman–Crippen LogP) is 5.23. The average Bonchev–Trinajstić information content (AvgIpc) is 2.62. The molecular formula is C20H23FN4. The Morgan fingerprint density at radius 2 is 1.80 bits per heavy atom. The van der Waals surface area contributed by atoms with Gasteiger partial charge in [-0.05, 0) is 48.1 Å². The molecule has 0 aliphatic rings. The predicted molar refractivity (Wildman–Crippen MR) is 99.6 cm³/mol. The summed E-state index contributed by atoms with van der Waals surface area (Å²) in [5.41, 5.74) is 4.27. The first kappa shape index (κ1) is 17.3. The number of aromatic nitrogens is 3. The minimum atomic E-state index is -0.451. The quantitative estimate of drug-likeness (QED) is 0.692. The maximum absolute atomic E-state index is 13.0. The number of nitrogens with zero attached hydrogens (tertiary/aromatic N) is 3. The van der Waals surface area contributed by atoms with Gasteiger partial charge in [0.2, 0.25) is 5.95 Å². The summed E-state index contributed by atoms with van der Waals surface area (Å²) in [6.45, 7) is 8.84. The Balaban J connectivity index is 2.05. The molecule has 25 heavy (non-hydrogen) atoms. The highest BCUT2D eigenvalue weighted by Gasteiger charge is 2.15. The smallest absolute Gasteiger partial charge is 0.227 e. The van der Waals surface area contributed by atoms with Crippen LogP contribution in [0.25, 0.3) is 10.9 Å². The Bertz CT molecular complexity index is 875. The van der Waals surface area contributed by atoms with Crippen LogP contribution in [0.3, 0.4) is 0 Å². The van der Waals surface area contributed by atoms with Crippen LogP contribution >= 0.6 is 0 Å². The van der Waals surface area contributed by atoms with E-state index in [-0.39, 0.29) is 0 Å². The lowest BCUT2D eigenvalue weighted by Crippen LogP contribution is -2.05. The molecule has 2 aromatic heterocycles. The standard InChI is InChI=1S/C20H23FN4/c1-5-15-8-17(13(4)12(2)3)18-9-16(6-7-19(18)24-15)25-20-22-10-14(21)11-23-20/h6-13H,5H2,1-4H3,(H,22,23,25). The minimum absolute atomic E-state index is 0.373. The van der Waals surface area contributed by atoms with Crippen LogP contribution in [0.1, 0.15) is 44.9 Å². The number of halogens is 1. The molecule has 5 heteroatoms. The van der Waals surface area contributed by atoms with E-state index in [0.29, 0.717) is 17.8 Å². The van der Waals surface area contributed by atoms with Crippen molar-refractivity contribution in [2.75, 3.05) is 5.32 Å². The van der Waals surface area contributed by atoms with E-state index in [2.05, 4.69) is 55.1 Å². The molecule has 0 spiro atoms. The van der Waals surface area contributed by atoms with Crippen LogP contribution in [-0.4, -0.2) is 15.0 Å². The zero-order valence-corrected chi connectivity index (χ0v) is 15.0. The number of anilines is 2. The first-order chi connectivity index (χ1) is 12.0. The first-order valence-electron chi connectivity index (χ1n) is 8.66. The lowest BCUT2D eigenvalue weighted by molar-refractivity contribution is 0.537. The van der Waals surface area contributed by atoms with E-state index in [0.717, 1.165) is 41.1 Å². The van der Waals surface area contributed by atoms with Gasteiger partial charge in [0, 0.05) is 16.8 Å². The Morgan fingerprint density at radius 3 is 2.44 bits per heavy atom. The van der Waals surface area contributed by atoms with Crippen molar-refractivity contribution in [2.24, 2.45) is 5.92 Å². The topological polar surface area (TPSA) is 50.7 Å². The summed E-state index contributed by atoms with van der Waals surface area (Å²) >= 11 is 0. The number of hydrogen-bond donors (Lipinski definition) is 1. The highest BCUT2D eigenvalue weighted by molar-refractivity contribution is 5.87. The molecule has 4 nitrogen and oxygen atoms in total. The molecule has 0 saturated carbocycles. The summed E-state index contributed by atoms with van der Waals surface area (Å²) in [6.07, 6.45) is 3.21. The zero-order valence-electron chi connectivity index (χ0n) is 15.0. The van der Waals surface area contributed by atoms with Gasteiger partial charge < -0.3 is 5.32 Å². The van der Waals surface area contributed by atoms with Crippen LogP contribution in [0.15, 0.2) is 36.7 Å². The van der Waals surface area contributed by atoms with E-state index in [4.69, 9.17) is 4.98 Å². The monoisotopic (exact) mass is 338 g/mol. The SMILES string of the molecule is CCc1cc(C(C)C(C)C)c2cc(Nc3ncc(F)cn3)ccc2n1. The Morgan fingerprint density at radius 1 is 1.08 bits per heavy atom. The van der Waals surface area contributed by atoms with E-state index in [1.165, 1.54) is 5.56 Å². The lowest BCUT2D eigenvalue weighted by atomic mass is 9.87. The largest absolute Gasteiger partial charge is 0.324 e. The molecule has 0 aliphatic carbocycles. The van der Waals surface area contributed by atoms with Crippen LogP contribution in [0.5, 0.6) is 0 Å². The number of benzene rings is 1. The zero-order chi connectivity index (χ0) is 18.0. The molecule has 0 aliphatic heterocycles. The fraction of sp³-hybridized carbons (Fsp3) is 0.350. The van der Waals surface area contributed by atoms with Crippen molar-refractivity contribution in [3.8, 4) is 0 Å². The van der Waals surface area contributed by atoms with Crippen LogP contribution in [0.4, 0.5) is 16.0 Å². The van der Waals surface area contributed by atoms with Crippen LogP contribution in [0.2, 0.25) is 0 Å². The summed E-state index contributed by atoms with van der Waals surface area (Å²) < 4.78 is 13.0. The van der Waals surface area contributed by atoms with Gasteiger partial charge in [-0.25, -0.2) is 14.4 Å². The van der Waals surface area contributed by atoms with Crippen molar-refractivity contribution >= 4 is 22.5 Å². The molecule has 0 amide bonds. The molecule has 0 bridgehead atoms. The molecule has 130 valence electrons. The van der Waals surface area contributed by atoms with Gasteiger partial charge in [0.15, 0.2) is 5.82 Å². The summed E-state index contributed by atoms with van der Waals surface area (Å²) in [4.78, 5) is 12.7. The molecule has 1 aromatic carbocycles. The number of fused-ring (bicyclic) bond motifs is 1. The second kappa shape index (κ2) is 7.13. The Hall–Kier alpha value is -2.56. The number of nitrogens with one attached hydrogen (secondary N) is 1. The summed E-state index contributed by atoms with van der Waals surface area (Å²) in [7, 11) is 0. The van der Waals surface area contributed by atoms with Crippen molar-refractivity contribution in [2.45, 2.75) is 40.0 Å². The van der Waals surface area contributed by atoms with E-state index in [1.54, 1.807) is 0 Å². The van der Waals surface area contributed by atoms with Crippen LogP contribution in [-0.2, 0) is 6.42 Å². The molecule has 1 N–H and O–H groups in total. The number of pyridine rings is 1. The molecule has 0 radical (unpaired) electrons. The highest BCUT2D eigenvalue weighted by Crippen LogP contribution is 2.32. The Labute approximate surface area is 147 Å². The molecule has 3 rings (SSSR count). The molecule has 1 unspecified atom stereocenters. The third-order valence-corrected chi connectivity index (χ3v) is 4.62. The van der Waals surface area contributed by atoms with Crippen molar-refractivity contribution in [1.29, 1.82) is 0 Å². The van der Waals surface area contributed by atoms with Gasteiger partial charge in [-0.2, -0.15) is 0 Å². The third-order valence-electron chi connectivity index (χ3n) is 4.62. The van der Waals surface area contributed by atoms with Crippen LogP contribution < -0.4 is 5.32 Å². The normalized spacial score (nSPS) is 12.6. The second-order valence-electron chi connectivity index (χ2n) is 6.67. The summed E-state index contributed by atoms with van der Waals surface area (Å²) in [5, 5.41) is 4.26. The van der Waals surface area contributed by atoms with Gasteiger partial charge in [-0.15, -0.1) is 0 Å². The first-order valence-corrected chi connectivity index (χ1v) is 8.66. The summed E-state index contributed by atoms with van der Waals surface area (Å²) in [6, 6.07) is 8.25. The van der Waals surface area contributed by atoms with E-state index >= 15 is 0 Å². The fourth-order valence-corrected chi connectivity index (χ4v) is 2.81. The van der Waals surface area contributed by atoms with Gasteiger partial charge in [-0.3, -0.25) is 4.98 Å². The molecule has 2 heterocycles. The van der Waals surface area contributed by atoms with Crippen LogP contribution in [0, 0.1) is 11.7 Å². The molecule has 0 saturated heterocycles. The molecule has 0 fully saturated rings. The molecule has 1 atom stereocenters. The second-order valence-corrected chi connectivity index (χ2v) is 6.67. The molecule has 3 aromatic rings. The number of aryl methyl sites for hydroxylation is 1. The molecular weight excluding hydrogens is 315 g/mol. The van der Waals surface area contributed by atoms with E-state index in [1.807, 2.05) is 12.1 Å². The fourth-order valence-electron chi connectivity index (χ4n) is 2.81. The van der Waals surface area contributed by atoms with Gasteiger partial charge in [0.25, 0.3) is 0 Å². The van der Waals surface area contributed by atoms with Gasteiger partial charge >= 0.3 is 0 Å². The minimum Gasteiger partial charge on any atom is -0.324 e. The number of rotatable bonds is 5. The van der Waals surface area contributed by atoms with E-state index < -0.39 is 5.82 Å². The number of hydrogen-bond acceptors (Lipinski definition) is 4. The lowest BCUT2D eigenvalue weighted by Gasteiger charge is -2.19. The Kier molecular flexibility index (Phi) is 4.93. The van der Waals surface area contributed by atoms with Crippen molar-refractivity contribution in [3.63, 3.8) is 0 Å². The van der Waals surface area contributed by atoms with Crippen molar-refractivity contribution in [3.05, 3.63) is 53.7 Å². The van der Waals surface area contributed by atoms with Crippen molar-refractivity contribution < 1.29 is 4.39 Å². The van der Waals surface area contributed by atoms with Gasteiger partial charge in [0.1, 0.15) is 0 Å². The summed E-state index contributed by atoms with van der Waals surface area (Å²) in [5.74, 6) is 0.881. The van der Waals surface area contributed by atoms with Gasteiger partial charge in [0.05, 0.1) is 17.9 Å². The third kappa shape index (κ3) is 3.76. The van der Waals surface area contributed by atoms with Crippen molar-refractivity contribution in [1.82, 2.24) is 15.0 Å². The maximum atomic E-state index is 13.0. The average molecular weight is 338 g/mol. The maximum Gasteiger partial charge on any atom is 0.227 e. The van der Waals surface area contributed by atoms with E-state index in [9.17, 15) is 4.39 Å². The highest BCUT2D eigenvalue weighted by atomic mass is 19.1. The van der Waals surface area contributed by atoms with Gasteiger partial charge in [-0.1, -0.05) is 27.7 Å².